The molecule has 118 valence electrons. The average molecular weight is 292 g/mol. The predicted octanol–water partition coefficient (Wildman–Crippen LogP) is 2.23. The first-order chi connectivity index (χ1) is 10.0. The van der Waals surface area contributed by atoms with Crippen LogP contribution in [0.1, 0.15) is 62.5 Å². The largest absolute Gasteiger partial charge is 0.353 e. The van der Waals surface area contributed by atoms with Gasteiger partial charge in [-0.3, -0.25) is 9.48 Å². The van der Waals surface area contributed by atoms with Gasteiger partial charge in [-0.1, -0.05) is 0 Å². The third-order valence-electron chi connectivity index (χ3n) is 4.14. The summed E-state index contributed by atoms with van der Waals surface area (Å²) >= 11 is 0. The molecule has 0 radical (unpaired) electrons. The molecule has 0 aliphatic heterocycles. The van der Waals surface area contributed by atoms with Crippen molar-refractivity contribution in [2.45, 2.75) is 72.0 Å². The van der Waals surface area contributed by atoms with Gasteiger partial charge < -0.3 is 10.6 Å². The minimum absolute atomic E-state index is 0.193. The normalized spacial score (nSPS) is 16.0. The van der Waals surface area contributed by atoms with E-state index in [1.165, 1.54) is 11.3 Å². The molecule has 1 unspecified atom stereocenters. The van der Waals surface area contributed by atoms with Crippen LogP contribution in [0.25, 0.3) is 0 Å². The zero-order valence-corrected chi connectivity index (χ0v) is 13.7. The Hall–Kier alpha value is -1.36. The van der Waals surface area contributed by atoms with Crippen molar-refractivity contribution in [3.63, 3.8) is 0 Å². The summed E-state index contributed by atoms with van der Waals surface area (Å²) in [6, 6.07) is 0.742. The van der Waals surface area contributed by atoms with Crippen molar-refractivity contribution in [3.05, 3.63) is 17.0 Å². The molecule has 5 heteroatoms. The molecule has 1 aliphatic rings. The van der Waals surface area contributed by atoms with Crippen LogP contribution in [0.2, 0.25) is 0 Å². The zero-order valence-electron chi connectivity index (χ0n) is 13.7. The van der Waals surface area contributed by atoms with E-state index in [1.54, 1.807) is 0 Å². The molecule has 2 N–H and O–H groups in total. The SMILES string of the molecule is CCn1nc(C)c(C(C)NCCCC(=O)NC2CC2)c1C. The van der Waals surface area contributed by atoms with Gasteiger partial charge in [0.1, 0.15) is 0 Å². The first kappa shape index (κ1) is 16.0. The molecule has 0 saturated heterocycles. The standard InChI is InChI=1S/C16H28N4O/c1-5-20-13(4)16(12(3)19-20)11(2)17-10-6-7-15(21)18-14-8-9-14/h11,14,17H,5-10H2,1-4H3,(H,18,21). The smallest absolute Gasteiger partial charge is 0.220 e. The van der Waals surface area contributed by atoms with Crippen molar-refractivity contribution in [1.82, 2.24) is 20.4 Å². The van der Waals surface area contributed by atoms with E-state index in [9.17, 15) is 4.79 Å². The van der Waals surface area contributed by atoms with Crippen molar-refractivity contribution in [1.29, 1.82) is 0 Å². The van der Waals surface area contributed by atoms with Gasteiger partial charge in [-0.15, -0.1) is 0 Å². The molecule has 0 spiro atoms. The van der Waals surface area contributed by atoms with Crippen molar-refractivity contribution < 1.29 is 4.79 Å². The van der Waals surface area contributed by atoms with Gasteiger partial charge in [-0.2, -0.15) is 5.10 Å². The topological polar surface area (TPSA) is 59.0 Å². The molecule has 2 rings (SSSR count). The fourth-order valence-corrected chi connectivity index (χ4v) is 2.84. The van der Waals surface area contributed by atoms with Crippen LogP contribution in [-0.2, 0) is 11.3 Å². The first-order valence-corrected chi connectivity index (χ1v) is 8.09. The Bertz CT molecular complexity index is 491. The predicted molar refractivity (Wildman–Crippen MR) is 84.2 cm³/mol. The lowest BCUT2D eigenvalue weighted by atomic mass is 10.1. The number of aromatic nitrogens is 2. The lowest BCUT2D eigenvalue weighted by Gasteiger charge is -2.15. The van der Waals surface area contributed by atoms with Crippen LogP contribution in [0, 0.1) is 13.8 Å². The summed E-state index contributed by atoms with van der Waals surface area (Å²) in [7, 11) is 0. The molecular weight excluding hydrogens is 264 g/mol. The minimum Gasteiger partial charge on any atom is -0.353 e. The van der Waals surface area contributed by atoms with Gasteiger partial charge in [0, 0.05) is 36.3 Å². The summed E-state index contributed by atoms with van der Waals surface area (Å²) in [5.41, 5.74) is 3.63. The Morgan fingerprint density at radius 3 is 2.71 bits per heavy atom. The Balaban J connectivity index is 1.75. The van der Waals surface area contributed by atoms with E-state index in [4.69, 9.17) is 0 Å². The molecule has 1 heterocycles. The second-order valence-corrected chi connectivity index (χ2v) is 6.02. The van der Waals surface area contributed by atoms with Gasteiger partial charge in [0.15, 0.2) is 0 Å². The van der Waals surface area contributed by atoms with E-state index in [-0.39, 0.29) is 11.9 Å². The number of hydrogen-bond acceptors (Lipinski definition) is 3. The van der Waals surface area contributed by atoms with Crippen LogP contribution >= 0.6 is 0 Å². The maximum absolute atomic E-state index is 11.6. The summed E-state index contributed by atoms with van der Waals surface area (Å²) in [6.45, 7) is 10.2. The molecule has 1 aliphatic carbocycles. The quantitative estimate of drug-likeness (QED) is 0.722. The highest BCUT2D eigenvalue weighted by Gasteiger charge is 2.22. The van der Waals surface area contributed by atoms with Crippen LogP contribution < -0.4 is 10.6 Å². The number of amides is 1. The fourth-order valence-electron chi connectivity index (χ4n) is 2.84. The molecular formula is C16H28N4O. The number of aryl methyl sites for hydroxylation is 2. The van der Waals surface area contributed by atoms with E-state index < -0.39 is 0 Å². The zero-order chi connectivity index (χ0) is 15.4. The van der Waals surface area contributed by atoms with Crippen molar-refractivity contribution in [2.24, 2.45) is 0 Å². The van der Waals surface area contributed by atoms with Crippen LogP contribution in [-0.4, -0.2) is 28.3 Å². The second kappa shape index (κ2) is 7.07. The monoisotopic (exact) mass is 292 g/mol. The number of hydrogen-bond donors (Lipinski definition) is 2. The number of rotatable bonds is 8. The van der Waals surface area contributed by atoms with Crippen LogP contribution in [0.3, 0.4) is 0 Å². The highest BCUT2D eigenvalue weighted by atomic mass is 16.1. The number of nitrogens with one attached hydrogen (secondary N) is 2. The lowest BCUT2D eigenvalue weighted by molar-refractivity contribution is -0.121. The Kier molecular flexibility index (Phi) is 5.39. The minimum atomic E-state index is 0.193. The van der Waals surface area contributed by atoms with Gasteiger partial charge >= 0.3 is 0 Å². The third kappa shape index (κ3) is 4.30. The molecule has 0 bridgehead atoms. The molecule has 0 aromatic carbocycles. The van der Waals surface area contributed by atoms with Crippen molar-refractivity contribution in [3.8, 4) is 0 Å². The van der Waals surface area contributed by atoms with E-state index in [2.05, 4.69) is 43.4 Å². The van der Waals surface area contributed by atoms with E-state index in [1.807, 2.05) is 4.68 Å². The van der Waals surface area contributed by atoms with Crippen LogP contribution in [0.15, 0.2) is 0 Å². The summed E-state index contributed by atoms with van der Waals surface area (Å²) < 4.78 is 2.05. The van der Waals surface area contributed by atoms with Gasteiger partial charge in [0.2, 0.25) is 5.91 Å². The highest BCUT2D eigenvalue weighted by Crippen LogP contribution is 2.21. The van der Waals surface area contributed by atoms with E-state index in [0.717, 1.165) is 38.0 Å². The summed E-state index contributed by atoms with van der Waals surface area (Å²) in [5, 5.41) is 11.1. The summed E-state index contributed by atoms with van der Waals surface area (Å²) in [6.07, 6.45) is 3.80. The van der Waals surface area contributed by atoms with Crippen LogP contribution in [0.5, 0.6) is 0 Å². The van der Waals surface area contributed by atoms with E-state index >= 15 is 0 Å². The lowest BCUT2D eigenvalue weighted by Crippen LogP contribution is -2.27. The number of nitrogens with zero attached hydrogens (tertiary/aromatic N) is 2. The third-order valence-corrected chi connectivity index (χ3v) is 4.14. The van der Waals surface area contributed by atoms with Crippen molar-refractivity contribution in [2.75, 3.05) is 6.54 Å². The Labute approximate surface area is 127 Å². The molecule has 1 amide bonds. The van der Waals surface area contributed by atoms with Gasteiger partial charge in [0.05, 0.1) is 5.69 Å². The van der Waals surface area contributed by atoms with Crippen molar-refractivity contribution >= 4 is 5.91 Å². The summed E-state index contributed by atoms with van der Waals surface area (Å²) in [4.78, 5) is 11.6. The molecule has 1 fully saturated rings. The Morgan fingerprint density at radius 1 is 1.43 bits per heavy atom. The highest BCUT2D eigenvalue weighted by molar-refractivity contribution is 5.76. The van der Waals surface area contributed by atoms with Gasteiger partial charge in [-0.05, 0) is 53.5 Å². The van der Waals surface area contributed by atoms with Crippen LogP contribution in [0.4, 0.5) is 0 Å². The first-order valence-electron chi connectivity index (χ1n) is 8.09. The average Bonchev–Trinajstić information content (AvgIpc) is 3.19. The molecule has 1 atom stereocenters. The van der Waals surface area contributed by atoms with Gasteiger partial charge in [0.25, 0.3) is 0 Å². The second-order valence-electron chi connectivity index (χ2n) is 6.02. The summed E-state index contributed by atoms with van der Waals surface area (Å²) in [5.74, 6) is 0.193. The molecule has 1 aromatic rings. The molecule has 21 heavy (non-hydrogen) atoms. The maximum atomic E-state index is 11.6. The molecule has 5 nitrogen and oxygen atoms in total. The van der Waals surface area contributed by atoms with E-state index in [0.29, 0.717) is 12.5 Å². The van der Waals surface area contributed by atoms with Gasteiger partial charge in [-0.25, -0.2) is 0 Å². The fraction of sp³-hybridized carbons (Fsp3) is 0.750. The number of carbonyl (C=O) groups is 1. The Morgan fingerprint density at radius 2 is 2.14 bits per heavy atom. The maximum Gasteiger partial charge on any atom is 0.220 e. The number of carbonyl (C=O) groups excluding carboxylic acids is 1. The molecule has 1 saturated carbocycles. The molecule has 1 aromatic heterocycles.